The van der Waals surface area contributed by atoms with E-state index in [0.717, 1.165) is 12.8 Å². The van der Waals surface area contributed by atoms with Crippen molar-refractivity contribution >= 4 is 0 Å². The molecule has 0 heteroatoms. The molecule has 1 aromatic rings. The molecule has 0 amide bonds. The monoisotopic (exact) mass is 172 g/mol. The molecule has 0 fully saturated rings. The Balaban J connectivity index is 2.58. The molecule has 0 aromatic heterocycles. The topological polar surface area (TPSA) is 0 Å². The lowest BCUT2D eigenvalue weighted by molar-refractivity contribution is 1.10. The number of hydrogen-bond acceptors (Lipinski definition) is 0. The molecule has 0 bridgehead atoms. The third-order valence-corrected chi connectivity index (χ3v) is 2.06. The molecule has 68 valence electrons. The van der Waals surface area contributed by atoms with Crippen molar-refractivity contribution < 1.29 is 0 Å². The molecular weight excluding hydrogens is 156 g/mol. The van der Waals surface area contributed by atoms with Gasteiger partial charge in [-0.15, -0.1) is 5.73 Å². The first-order chi connectivity index (χ1) is 6.33. The minimum absolute atomic E-state index is 0.984. The standard InChI is InChI=1S/C13H16/c1-3-12(2)8-7-11-13-9-5-4-6-10-13/h4-7,9-10H,3,11H2,1-2H3. The molecule has 0 aliphatic rings. The number of rotatable bonds is 3. The van der Waals surface area contributed by atoms with Gasteiger partial charge in [0.15, 0.2) is 0 Å². The van der Waals surface area contributed by atoms with E-state index in [9.17, 15) is 0 Å². The van der Waals surface area contributed by atoms with E-state index < -0.39 is 0 Å². The zero-order valence-electron chi connectivity index (χ0n) is 8.38. The Labute approximate surface area is 80.6 Å². The lowest BCUT2D eigenvalue weighted by Gasteiger charge is -1.92. The first-order valence-electron chi connectivity index (χ1n) is 4.77. The van der Waals surface area contributed by atoms with Crippen molar-refractivity contribution in [3.8, 4) is 0 Å². The fourth-order valence-electron chi connectivity index (χ4n) is 1.06. The first kappa shape index (κ1) is 9.83. The number of allylic oxidation sites excluding steroid dienone is 1. The Morgan fingerprint density at radius 3 is 2.62 bits per heavy atom. The van der Waals surface area contributed by atoms with E-state index in [2.05, 4.69) is 49.9 Å². The van der Waals surface area contributed by atoms with Crippen LogP contribution in [0.1, 0.15) is 25.8 Å². The lowest BCUT2D eigenvalue weighted by Crippen LogP contribution is -1.77. The Morgan fingerprint density at radius 2 is 2.00 bits per heavy atom. The summed E-state index contributed by atoms with van der Waals surface area (Å²) < 4.78 is 0. The van der Waals surface area contributed by atoms with Crippen molar-refractivity contribution in [3.63, 3.8) is 0 Å². The molecule has 0 unspecified atom stereocenters. The van der Waals surface area contributed by atoms with E-state index in [4.69, 9.17) is 0 Å². The van der Waals surface area contributed by atoms with Gasteiger partial charge in [-0.2, -0.15) is 0 Å². The van der Waals surface area contributed by atoms with Crippen molar-refractivity contribution in [1.82, 2.24) is 0 Å². The molecule has 0 radical (unpaired) electrons. The highest BCUT2D eigenvalue weighted by Gasteiger charge is 1.84. The summed E-state index contributed by atoms with van der Waals surface area (Å²) in [5.74, 6) is 0. The molecule has 13 heavy (non-hydrogen) atoms. The van der Waals surface area contributed by atoms with Crippen LogP contribution in [0.3, 0.4) is 0 Å². The summed E-state index contributed by atoms with van der Waals surface area (Å²) in [6.45, 7) is 4.26. The molecule has 0 aliphatic heterocycles. The van der Waals surface area contributed by atoms with Gasteiger partial charge in [-0.3, -0.25) is 0 Å². The van der Waals surface area contributed by atoms with E-state index >= 15 is 0 Å². The van der Waals surface area contributed by atoms with Crippen molar-refractivity contribution in [2.75, 3.05) is 0 Å². The van der Waals surface area contributed by atoms with Crippen LogP contribution in [0, 0.1) is 0 Å². The maximum absolute atomic E-state index is 3.27. The number of hydrogen-bond donors (Lipinski definition) is 0. The summed E-state index contributed by atoms with van der Waals surface area (Å²) in [7, 11) is 0. The van der Waals surface area contributed by atoms with E-state index in [1.54, 1.807) is 0 Å². The fraction of sp³-hybridized carbons (Fsp3) is 0.308. The Hall–Kier alpha value is -1.26. The van der Waals surface area contributed by atoms with Crippen molar-refractivity contribution in [3.05, 3.63) is 53.3 Å². The minimum atomic E-state index is 0.984. The SMILES string of the molecule is CCC(C)=C=CCc1ccccc1. The van der Waals surface area contributed by atoms with Crippen LogP contribution in [-0.2, 0) is 6.42 Å². The fourth-order valence-corrected chi connectivity index (χ4v) is 1.06. The Kier molecular flexibility index (Phi) is 4.08. The molecule has 0 atom stereocenters. The van der Waals surface area contributed by atoms with Gasteiger partial charge in [0.1, 0.15) is 0 Å². The maximum Gasteiger partial charge on any atom is -0.00213 e. The molecule has 0 saturated heterocycles. The van der Waals surface area contributed by atoms with Crippen LogP contribution in [-0.4, -0.2) is 0 Å². The van der Waals surface area contributed by atoms with E-state index in [1.807, 2.05) is 6.07 Å². The van der Waals surface area contributed by atoms with Gasteiger partial charge in [-0.1, -0.05) is 37.3 Å². The quantitative estimate of drug-likeness (QED) is 0.609. The average molecular weight is 172 g/mol. The van der Waals surface area contributed by atoms with Crippen LogP contribution in [0.25, 0.3) is 0 Å². The second-order valence-corrected chi connectivity index (χ2v) is 3.17. The molecule has 0 saturated carbocycles. The van der Waals surface area contributed by atoms with Crippen molar-refractivity contribution in [2.45, 2.75) is 26.7 Å². The van der Waals surface area contributed by atoms with Crippen molar-refractivity contribution in [1.29, 1.82) is 0 Å². The van der Waals surface area contributed by atoms with Crippen LogP contribution in [0.15, 0.2) is 47.7 Å². The Morgan fingerprint density at radius 1 is 1.31 bits per heavy atom. The predicted octanol–water partition coefficient (Wildman–Crippen LogP) is 3.74. The van der Waals surface area contributed by atoms with Gasteiger partial charge in [0.05, 0.1) is 0 Å². The molecule has 0 spiro atoms. The lowest BCUT2D eigenvalue weighted by atomic mass is 10.1. The molecule has 0 N–H and O–H groups in total. The highest BCUT2D eigenvalue weighted by Crippen LogP contribution is 2.00. The second kappa shape index (κ2) is 5.40. The largest absolute Gasteiger partial charge is 0.126 e. The summed E-state index contributed by atoms with van der Waals surface area (Å²) in [5.41, 5.74) is 5.93. The molecule has 0 aliphatic carbocycles. The molecule has 0 heterocycles. The average Bonchev–Trinajstić information content (AvgIpc) is 2.19. The van der Waals surface area contributed by atoms with Gasteiger partial charge in [0.25, 0.3) is 0 Å². The van der Waals surface area contributed by atoms with Crippen LogP contribution in [0.2, 0.25) is 0 Å². The summed E-state index contributed by atoms with van der Waals surface area (Å²) in [6.07, 6.45) is 4.18. The van der Waals surface area contributed by atoms with Gasteiger partial charge in [-0.25, -0.2) is 0 Å². The normalized spacial score (nSPS) is 9.08. The summed E-state index contributed by atoms with van der Waals surface area (Å²) in [5, 5.41) is 0. The van der Waals surface area contributed by atoms with Gasteiger partial charge >= 0.3 is 0 Å². The highest BCUT2D eigenvalue weighted by molar-refractivity contribution is 5.17. The second-order valence-electron chi connectivity index (χ2n) is 3.17. The van der Waals surface area contributed by atoms with Crippen LogP contribution in [0.4, 0.5) is 0 Å². The van der Waals surface area contributed by atoms with Crippen molar-refractivity contribution in [2.24, 2.45) is 0 Å². The summed E-state index contributed by atoms with van der Waals surface area (Å²) in [4.78, 5) is 0. The third kappa shape index (κ3) is 3.78. The van der Waals surface area contributed by atoms with Gasteiger partial charge in [0.2, 0.25) is 0 Å². The van der Waals surface area contributed by atoms with E-state index in [-0.39, 0.29) is 0 Å². The molecular formula is C13H16. The summed E-state index contributed by atoms with van der Waals surface area (Å²) >= 11 is 0. The Bertz CT molecular complexity index is 300. The number of benzene rings is 1. The van der Waals surface area contributed by atoms with Gasteiger partial charge in [-0.05, 0) is 37.0 Å². The first-order valence-corrected chi connectivity index (χ1v) is 4.77. The molecule has 0 nitrogen and oxygen atoms in total. The predicted molar refractivity (Wildman–Crippen MR) is 57.7 cm³/mol. The smallest absolute Gasteiger partial charge is 0.00213 e. The van der Waals surface area contributed by atoms with Gasteiger partial charge < -0.3 is 0 Å². The van der Waals surface area contributed by atoms with Crippen LogP contribution >= 0.6 is 0 Å². The minimum Gasteiger partial charge on any atom is -0.126 e. The van der Waals surface area contributed by atoms with Gasteiger partial charge in [0, 0.05) is 0 Å². The van der Waals surface area contributed by atoms with Crippen LogP contribution in [0.5, 0.6) is 0 Å². The maximum atomic E-state index is 3.27. The van der Waals surface area contributed by atoms with E-state index in [0.29, 0.717) is 0 Å². The molecule has 1 rings (SSSR count). The zero-order valence-corrected chi connectivity index (χ0v) is 8.38. The third-order valence-electron chi connectivity index (χ3n) is 2.06. The highest BCUT2D eigenvalue weighted by atomic mass is 13.9. The molecule has 1 aromatic carbocycles. The van der Waals surface area contributed by atoms with Crippen LogP contribution < -0.4 is 0 Å². The van der Waals surface area contributed by atoms with E-state index in [1.165, 1.54) is 11.1 Å². The summed E-state index contributed by atoms with van der Waals surface area (Å²) in [6, 6.07) is 10.5. The zero-order chi connectivity index (χ0) is 9.52.